The molecule has 0 fully saturated rings. The Balaban J connectivity index is 1.36. The largest absolute Gasteiger partial charge is 0.346 e. The van der Waals surface area contributed by atoms with Crippen molar-refractivity contribution in [2.45, 2.75) is 65.1 Å². The van der Waals surface area contributed by atoms with Gasteiger partial charge < -0.3 is 5.32 Å². The van der Waals surface area contributed by atoms with Crippen molar-refractivity contribution in [2.24, 2.45) is 0 Å². The molecule has 140 valence electrons. The number of carbonyl (C=O) groups is 1. The molecule has 0 saturated heterocycles. The van der Waals surface area contributed by atoms with Crippen LogP contribution in [0.3, 0.4) is 0 Å². The fourth-order valence-electron chi connectivity index (χ4n) is 4.00. The lowest BCUT2D eigenvalue weighted by Crippen LogP contribution is -2.34. The fourth-order valence-corrected chi connectivity index (χ4v) is 5.07. The molecule has 0 saturated carbocycles. The first-order valence-corrected chi connectivity index (χ1v) is 10.8. The smallest absolute Gasteiger partial charge is 0.261 e. The average Bonchev–Trinajstić information content (AvgIpc) is 3.27. The van der Waals surface area contributed by atoms with Crippen LogP contribution in [0.2, 0.25) is 0 Å². The molecule has 0 atom stereocenters. The zero-order valence-corrected chi connectivity index (χ0v) is 16.4. The van der Waals surface area contributed by atoms with E-state index in [4.69, 9.17) is 0 Å². The third-order valence-electron chi connectivity index (χ3n) is 5.50. The highest BCUT2D eigenvalue weighted by atomic mass is 32.1. The number of hydrogen-bond donors (Lipinski definition) is 1. The molecule has 6 heteroatoms. The van der Waals surface area contributed by atoms with Crippen LogP contribution in [0.15, 0.2) is 11.4 Å². The van der Waals surface area contributed by atoms with Crippen LogP contribution in [0.4, 0.5) is 0 Å². The molecule has 0 aromatic carbocycles. The Morgan fingerprint density at radius 2 is 2.19 bits per heavy atom. The Morgan fingerprint density at radius 1 is 1.31 bits per heavy atom. The van der Waals surface area contributed by atoms with Crippen LogP contribution in [0, 0.1) is 0 Å². The van der Waals surface area contributed by atoms with Crippen molar-refractivity contribution in [2.75, 3.05) is 13.1 Å². The number of nitrogens with one attached hydrogen (secondary N) is 1. The minimum Gasteiger partial charge on any atom is -0.346 e. The summed E-state index contributed by atoms with van der Waals surface area (Å²) in [4.78, 5) is 16.0. The molecule has 4 rings (SSSR count). The van der Waals surface area contributed by atoms with E-state index in [1.807, 2.05) is 0 Å². The molecule has 0 unspecified atom stereocenters. The van der Waals surface area contributed by atoms with E-state index in [9.17, 15) is 4.79 Å². The maximum absolute atomic E-state index is 12.6. The minimum atomic E-state index is 0.0636. The van der Waals surface area contributed by atoms with Crippen LogP contribution in [0.25, 0.3) is 0 Å². The van der Waals surface area contributed by atoms with Crippen molar-refractivity contribution in [3.05, 3.63) is 38.8 Å². The molecule has 5 nitrogen and oxygen atoms in total. The van der Waals surface area contributed by atoms with E-state index in [0.29, 0.717) is 6.54 Å². The molecule has 2 aromatic heterocycles. The van der Waals surface area contributed by atoms with Crippen molar-refractivity contribution in [1.82, 2.24) is 20.0 Å². The van der Waals surface area contributed by atoms with Gasteiger partial charge in [0.15, 0.2) is 0 Å². The van der Waals surface area contributed by atoms with Crippen molar-refractivity contribution in [3.63, 3.8) is 0 Å². The van der Waals surface area contributed by atoms with Crippen molar-refractivity contribution < 1.29 is 4.79 Å². The molecular formula is C20H28N4OS. The molecule has 3 heterocycles. The van der Waals surface area contributed by atoms with Gasteiger partial charge in [-0.3, -0.25) is 14.4 Å². The number of thiophene rings is 1. The summed E-state index contributed by atoms with van der Waals surface area (Å²) in [6.07, 6.45) is 7.11. The van der Waals surface area contributed by atoms with E-state index in [2.05, 4.69) is 38.4 Å². The van der Waals surface area contributed by atoms with Crippen molar-refractivity contribution in [3.8, 4) is 0 Å². The number of amides is 1. The summed E-state index contributed by atoms with van der Waals surface area (Å²) in [5.74, 6) is 0.0636. The molecule has 0 radical (unpaired) electrons. The van der Waals surface area contributed by atoms with Crippen molar-refractivity contribution >= 4 is 17.2 Å². The van der Waals surface area contributed by atoms with E-state index < -0.39 is 0 Å². The van der Waals surface area contributed by atoms with E-state index in [-0.39, 0.29) is 5.91 Å². The molecule has 2 aromatic rings. The second-order valence-electron chi connectivity index (χ2n) is 7.44. The highest BCUT2D eigenvalue weighted by Crippen LogP contribution is 2.29. The third-order valence-corrected chi connectivity index (χ3v) is 6.57. The van der Waals surface area contributed by atoms with Gasteiger partial charge in [0.25, 0.3) is 5.91 Å². The quantitative estimate of drug-likeness (QED) is 0.846. The molecule has 1 aliphatic heterocycles. The van der Waals surface area contributed by atoms with Gasteiger partial charge in [0.1, 0.15) is 0 Å². The summed E-state index contributed by atoms with van der Waals surface area (Å²) < 4.78 is 2.11. The summed E-state index contributed by atoms with van der Waals surface area (Å²) >= 11 is 1.60. The standard InChI is InChI=1S/C20H28N4OS/c1-2-3-8-23-9-10-24-17(13-23)11-16(22-24)12-21-20(25)19-18-7-5-4-6-15(18)14-26-19/h11,14H,2-10,12-13H2,1H3,(H,21,25). The number of fused-ring (bicyclic) bond motifs is 2. The van der Waals surface area contributed by atoms with Gasteiger partial charge in [0.05, 0.1) is 29.4 Å². The molecule has 1 amide bonds. The number of aromatic nitrogens is 2. The lowest BCUT2D eigenvalue weighted by atomic mass is 9.94. The van der Waals surface area contributed by atoms with Gasteiger partial charge in [-0.15, -0.1) is 11.3 Å². The summed E-state index contributed by atoms with van der Waals surface area (Å²) in [6, 6.07) is 2.16. The van der Waals surface area contributed by atoms with Crippen LogP contribution in [-0.2, 0) is 32.5 Å². The SMILES string of the molecule is CCCCN1CCn2nc(CNC(=O)c3scc4c3CCCC4)cc2C1. The first-order valence-electron chi connectivity index (χ1n) is 9.90. The van der Waals surface area contributed by atoms with E-state index in [0.717, 1.165) is 49.6 Å². The summed E-state index contributed by atoms with van der Waals surface area (Å²) in [5.41, 5.74) is 4.91. The summed E-state index contributed by atoms with van der Waals surface area (Å²) in [6.45, 7) is 6.91. The van der Waals surface area contributed by atoms with Gasteiger partial charge in [-0.05, 0) is 61.2 Å². The van der Waals surface area contributed by atoms with Gasteiger partial charge in [-0.2, -0.15) is 5.10 Å². The van der Waals surface area contributed by atoms with Gasteiger partial charge in [0.2, 0.25) is 0 Å². The number of nitrogens with zero attached hydrogens (tertiary/aromatic N) is 3. The Bertz CT molecular complexity index is 779. The minimum absolute atomic E-state index is 0.0636. The highest BCUT2D eigenvalue weighted by molar-refractivity contribution is 7.12. The van der Waals surface area contributed by atoms with E-state index in [1.54, 1.807) is 11.3 Å². The lowest BCUT2D eigenvalue weighted by molar-refractivity contribution is 0.0953. The maximum Gasteiger partial charge on any atom is 0.261 e. The Morgan fingerprint density at radius 3 is 3.08 bits per heavy atom. The third kappa shape index (κ3) is 3.71. The summed E-state index contributed by atoms with van der Waals surface area (Å²) in [5, 5.41) is 9.94. The molecule has 1 N–H and O–H groups in total. The van der Waals surface area contributed by atoms with Crippen LogP contribution < -0.4 is 5.32 Å². The van der Waals surface area contributed by atoms with Crippen molar-refractivity contribution in [1.29, 1.82) is 0 Å². The number of aryl methyl sites for hydroxylation is 1. The van der Waals surface area contributed by atoms with Crippen LogP contribution in [-0.4, -0.2) is 33.7 Å². The second-order valence-corrected chi connectivity index (χ2v) is 8.32. The van der Waals surface area contributed by atoms with Crippen LogP contribution >= 0.6 is 11.3 Å². The molecule has 0 spiro atoms. The fraction of sp³-hybridized carbons (Fsp3) is 0.600. The Labute approximate surface area is 159 Å². The van der Waals surface area contributed by atoms with Crippen LogP contribution in [0.1, 0.15) is 64.8 Å². The predicted octanol–water partition coefficient (Wildman–Crippen LogP) is 3.37. The molecule has 26 heavy (non-hydrogen) atoms. The Hall–Kier alpha value is -1.66. The van der Waals surface area contributed by atoms with Gasteiger partial charge in [-0.1, -0.05) is 13.3 Å². The molecule has 2 aliphatic rings. The summed E-state index contributed by atoms with van der Waals surface area (Å²) in [7, 11) is 0. The average molecular weight is 373 g/mol. The van der Waals surface area contributed by atoms with Crippen LogP contribution in [0.5, 0.6) is 0 Å². The first-order chi connectivity index (χ1) is 12.7. The number of unbranched alkanes of at least 4 members (excludes halogenated alkanes) is 1. The first kappa shape index (κ1) is 17.7. The molecular weight excluding hydrogens is 344 g/mol. The normalized spacial score (nSPS) is 17.0. The predicted molar refractivity (Wildman–Crippen MR) is 105 cm³/mol. The zero-order valence-electron chi connectivity index (χ0n) is 15.6. The number of carbonyl (C=O) groups excluding carboxylic acids is 1. The topological polar surface area (TPSA) is 50.2 Å². The van der Waals surface area contributed by atoms with E-state index >= 15 is 0 Å². The van der Waals surface area contributed by atoms with E-state index in [1.165, 1.54) is 42.5 Å². The maximum atomic E-state index is 12.6. The number of rotatable bonds is 6. The van der Waals surface area contributed by atoms with Gasteiger partial charge >= 0.3 is 0 Å². The van der Waals surface area contributed by atoms with Gasteiger partial charge in [-0.25, -0.2) is 0 Å². The highest BCUT2D eigenvalue weighted by Gasteiger charge is 2.21. The molecule has 0 bridgehead atoms. The van der Waals surface area contributed by atoms with Gasteiger partial charge in [0, 0.05) is 13.1 Å². The zero-order chi connectivity index (χ0) is 17.9. The lowest BCUT2D eigenvalue weighted by Gasteiger charge is -2.27. The Kier molecular flexibility index (Phi) is 5.41. The monoisotopic (exact) mass is 372 g/mol. The molecule has 1 aliphatic carbocycles. The second kappa shape index (κ2) is 7.92. The number of hydrogen-bond acceptors (Lipinski definition) is 4.